The van der Waals surface area contributed by atoms with E-state index >= 15 is 0 Å². The van der Waals surface area contributed by atoms with Gasteiger partial charge in [-0.25, -0.2) is 9.78 Å². The fraction of sp³-hybridized carbons (Fsp3) is 0.0625. The number of carbonyl (C=O) groups is 1. The summed E-state index contributed by atoms with van der Waals surface area (Å²) < 4.78 is 11.2. The predicted octanol–water partition coefficient (Wildman–Crippen LogP) is 3.02. The number of ether oxygens (including phenoxy) is 2. The Morgan fingerprint density at radius 1 is 1.18 bits per heavy atom. The minimum atomic E-state index is -0.771. The number of hydrogen-bond donors (Lipinski definition) is 0. The summed E-state index contributed by atoms with van der Waals surface area (Å²) >= 11 is 0. The highest BCUT2D eigenvalue weighted by Crippen LogP contribution is 2.21. The van der Waals surface area contributed by atoms with Crippen molar-refractivity contribution in [3.05, 3.63) is 54.4 Å². The second-order valence-corrected chi connectivity index (χ2v) is 4.50. The van der Waals surface area contributed by atoms with Crippen LogP contribution in [0, 0.1) is 11.3 Å². The number of nitriles is 1. The zero-order valence-corrected chi connectivity index (χ0v) is 11.7. The van der Waals surface area contributed by atoms with E-state index in [4.69, 9.17) is 10.00 Å². The number of carbonyl (C=O) groups excluding carboxylic acids is 1. The molecule has 108 valence electrons. The number of pyridine rings is 1. The van der Waals surface area contributed by atoms with Crippen molar-refractivity contribution in [2.45, 2.75) is 0 Å². The van der Waals surface area contributed by atoms with Crippen molar-refractivity contribution in [2.24, 2.45) is 0 Å². The Hall–Kier alpha value is -3.33. The molecule has 22 heavy (non-hydrogen) atoms. The van der Waals surface area contributed by atoms with Crippen LogP contribution >= 0.6 is 0 Å². The highest BCUT2D eigenvalue weighted by atomic mass is 16.7. The van der Waals surface area contributed by atoms with E-state index in [0.717, 1.165) is 16.9 Å². The molecule has 6 nitrogen and oxygen atoms in total. The van der Waals surface area contributed by atoms with Gasteiger partial charge in [0, 0.05) is 11.8 Å². The van der Waals surface area contributed by atoms with Gasteiger partial charge in [-0.1, -0.05) is 12.1 Å². The van der Waals surface area contributed by atoms with Crippen molar-refractivity contribution < 1.29 is 14.3 Å². The average Bonchev–Trinajstić information content (AvgIpc) is 2.98. The molecule has 0 radical (unpaired) electrons. The third-order valence-electron chi connectivity index (χ3n) is 3.10. The SMILES string of the molecule is COC(=O)Oc1ccc2nc(-c3ccc(C#N)cc3)cn2c1. The van der Waals surface area contributed by atoms with Crippen LogP contribution in [0.3, 0.4) is 0 Å². The molecule has 0 aliphatic rings. The topological polar surface area (TPSA) is 76.6 Å². The second-order valence-electron chi connectivity index (χ2n) is 4.50. The van der Waals surface area contributed by atoms with Crippen LogP contribution in [-0.4, -0.2) is 22.6 Å². The normalized spacial score (nSPS) is 10.2. The number of hydrogen-bond acceptors (Lipinski definition) is 5. The van der Waals surface area contributed by atoms with Gasteiger partial charge in [-0.2, -0.15) is 5.26 Å². The Kier molecular flexibility index (Phi) is 3.46. The lowest BCUT2D eigenvalue weighted by Crippen LogP contribution is -2.07. The molecule has 2 heterocycles. The number of aromatic nitrogens is 2. The Morgan fingerprint density at radius 2 is 1.95 bits per heavy atom. The molecule has 0 bridgehead atoms. The van der Waals surface area contributed by atoms with Gasteiger partial charge in [0.15, 0.2) is 5.75 Å². The van der Waals surface area contributed by atoms with E-state index in [1.807, 2.05) is 18.3 Å². The smallest absolute Gasteiger partial charge is 0.437 e. The maximum atomic E-state index is 11.1. The molecule has 0 unspecified atom stereocenters. The van der Waals surface area contributed by atoms with Gasteiger partial charge in [0.25, 0.3) is 0 Å². The lowest BCUT2D eigenvalue weighted by atomic mass is 10.1. The van der Waals surface area contributed by atoms with E-state index in [1.165, 1.54) is 7.11 Å². The van der Waals surface area contributed by atoms with Gasteiger partial charge >= 0.3 is 6.16 Å². The van der Waals surface area contributed by atoms with Crippen LogP contribution < -0.4 is 4.74 Å². The summed E-state index contributed by atoms with van der Waals surface area (Å²) in [5.41, 5.74) is 2.98. The molecule has 0 aliphatic heterocycles. The van der Waals surface area contributed by atoms with Crippen LogP contribution in [0.15, 0.2) is 48.8 Å². The first-order valence-electron chi connectivity index (χ1n) is 6.44. The highest BCUT2D eigenvalue weighted by Gasteiger charge is 2.08. The van der Waals surface area contributed by atoms with Gasteiger partial charge in [-0.3, -0.25) is 0 Å². The Bertz CT molecular complexity index is 876. The van der Waals surface area contributed by atoms with Gasteiger partial charge in [0.1, 0.15) is 5.65 Å². The van der Waals surface area contributed by atoms with Crippen molar-refractivity contribution in [2.75, 3.05) is 7.11 Å². The summed E-state index contributed by atoms with van der Waals surface area (Å²) in [4.78, 5) is 15.6. The van der Waals surface area contributed by atoms with E-state index in [9.17, 15) is 4.79 Å². The quantitative estimate of drug-likeness (QED) is 0.679. The molecule has 2 aromatic heterocycles. The number of nitrogens with zero attached hydrogens (tertiary/aromatic N) is 3. The van der Waals surface area contributed by atoms with Gasteiger partial charge in [-0.05, 0) is 24.3 Å². The van der Waals surface area contributed by atoms with Crippen molar-refractivity contribution in [1.29, 1.82) is 5.26 Å². The van der Waals surface area contributed by atoms with Crippen molar-refractivity contribution >= 4 is 11.8 Å². The summed E-state index contributed by atoms with van der Waals surface area (Å²) in [5.74, 6) is 0.364. The van der Waals surface area contributed by atoms with Crippen LogP contribution in [0.4, 0.5) is 4.79 Å². The highest BCUT2D eigenvalue weighted by molar-refractivity contribution is 5.65. The lowest BCUT2D eigenvalue weighted by molar-refractivity contribution is 0.121. The monoisotopic (exact) mass is 293 g/mol. The maximum absolute atomic E-state index is 11.1. The second kappa shape index (κ2) is 5.58. The summed E-state index contributed by atoms with van der Waals surface area (Å²) in [6.07, 6.45) is 2.69. The van der Waals surface area contributed by atoms with E-state index in [1.54, 1.807) is 34.9 Å². The molecule has 1 aromatic carbocycles. The van der Waals surface area contributed by atoms with Crippen LogP contribution in [0.25, 0.3) is 16.9 Å². The van der Waals surface area contributed by atoms with Crippen LogP contribution in [0.1, 0.15) is 5.56 Å². The van der Waals surface area contributed by atoms with E-state index < -0.39 is 6.16 Å². The summed E-state index contributed by atoms with van der Waals surface area (Å²) in [6, 6.07) is 12.6. The number of benzene rings is 1. The van der Waals surface area contributed by atoms with Gasteiger partial charge in [0.2, 0.25) is 0 Å². The van der Waals surface area contributed by atoms with E-state index in [-0.39, 0.29) is 0 Å². The van der Waals surface area contributed by atoms with E-state index in [0.29, 0.717) is 11.3 Å². The molecule has 3 aromatic rings. The summed E-state index contributed by atoms with van der Waals surface area (Å²) in [5, 5.41) is 8.81. The molecule has 0 fully saturated rings. The predicted molar refractivity (Wildman–Crippen MR) is 78.4 cm³/mol. The zero-order chi connectivity index (χ0) is 15.5. The largest absolute Gasteiger partial charge is 0.513 e. The van der Waals surface area contributed by atoms with Crippen LogP contribution in [0.5, 0.6) is 5.75 Å². The Morgan fingerprint density at radius 3 is 2.64 bits per heavy atom. The minimum absolute atomic E-state index is 0.364. The van der Waals surface area contributed by atoms with Crippen molar-refractivity contribution in [3.8, 4) is 23.1 Å². The molecule has 6 heteroatoms. The van der Waals surface area contributed by atoms with Crippen LogP contribution in [-0.2, 0) is 4.74 Å². The standard InChI is InChI=1S/C16H11N3O3/c1-21-16(20)22-13-6-7-15-18-14(10-19(15)9-13)12-4-2-11(8-17)3-5-12/h2-7,9-10H,1H3. The molecule has 0 atom stereocenters. The Balaban J connectivity index is 1.95. The lowest BCUT2D eigenvalue weighted by Gasteiger charge is -2.02. The third kappa shape index (κ3) is 2.60. The summed E-state index contributed by atoms with van der Waals surface area (Å²) in [6.45, 7) is 0. The number of imidazole rings is 1. The van der Waals surface area contributed by atoms with Gasteiger partial charge < -0.3 is 13.9 Å². The van der Waals surface area contributed by atoms with E-state index in [2.05, 4.69) is 15.8 Å². The molecular formula is C16H11N3O3. The molecule has 0 N–H and O–H groups in total. The first-order chi connectivity index (χ1) is 10.7. The number of rotatable bonds is 2. The molecule has 0 aliphatic carbocycles. The van der Waals surface area contributed by atoms with Gasteiger partial charge in [-0.15, -0.1) is 0 Å². The molecule has 3 rings (SSSR count). The fourth-order valence-electron chi connectivity index (χ4n) is 2.02. The molecule has 0 amide bonds. The first kappa shape index (κ1) is 13.6. The first-order valence-corrected chi connectivity index (χ1v) is 6.44. The fourth-order valence-corrected chi connectivity index (χ4v) is 2.02. The van der Waals surface area contributed by atoms with Gasteiger partial charge in [0.05, 0.1) is 30.6 Å². The Labute approximate surface area is 126 Å². The average molecular weight is 293 g/mol. The minimum Gasteiger partial charge on any atom is -0.437 e. The molecular weight excluding hydrogens is 282 g/mol. The number of fused-ring (bicyclic) bond motifs is 1. The zero-order valence-electron chi connectivity index (χ0n) is 11.7. The summed E-state index contributed by atoms with van der Waals surface area (Å²) in [7, 11) is 1.25. The van der Waals surface area contributed by atoms with Crippen LogP contribution in [0.2, 0.25) is 0 Å². The maximum Gasteiger partial charge on any atom is 0.513 e. The van der Waals surface area contributed by atoms with Crippen molar-refractivity contribution in [1.82, 2.24) is 9.38 Å². The molecule has 0 spiro atoms. The molecule has 0 saturated heterocycles. The third-order valence-corrected chi connectivity index (χ3v) is 3.10. The molecule has 0 saturated carbocycles. The van der Waals surface area contributed by atoms with Crippen molar-refractivity contribution in [3.63, 3.8) is 0 Å². The number of methoxy groups -OCH3 is 1.